The number of thiophene rings is 2. The average Bonchev–Trinajstić information content (AvgIpc) is 2.74. The summed E-state index contributed by atoms with van der Waals surface area (Å²) in [5, 5.41) is 0. The molecule has 0 saturated heterocycles. The van der Waals surface area contributed by atoms with Crippen molar-refractivity contribution >= 4 is 70.5 Å². The molecule has 0 aromatic carbocycles. The summed E-state index contributed by atoms with van der Waals surface area (Å²) in [5.74, 6) is 0. The van der Waals surface area contributed by atoms with Gasteiger partial charge in [-0.15, -0.1) is 22.7 Å². The zero-order valence-corrected chi connectivity index (χ0v) is 14.2. The van der Waals surface area contributed by atoms with E-state index in [2.05, 4.69) is 72.9 Å². The number of hydrogen-bond acceptors (Lipinski definition) is 2. The smallest absolute Gasteiger partial charge is 0.0831 e. The van der Waals surface area contributed by atoms with Crippen LogP contribution in [0.25, 0.3) is 0 Å². The van der Waals surface area contributed by atoms with Crippen LogP contribution in [-0.2, 0) is 0 Å². The highest BCUT2D eigenvalue weighted by atomic mass is 79.9. The van der Waals surface area contributed by atoms with Crippen molar-refractivity contribution in [3.05, 3.63) is 41.1 Å². The molecule has 1 unspecified atom stereocenters. The van der Waals surface area contributed by atoms with E-state index in [1.807, 2.05) is 0 Å². The minimum Gasteiger partial charge on any atom is -0.132 e. The predicted octanol–water partition coefficient (Wildman–Crippen LogP) is 6.13. The fourth-order valence-electron chi connectivity index (χ4n) is 1.21. The first-order valence-corrected chi connectivity index (χ1v) is 8.36. The van der Waals surface area contributed by atoms with Crippen LogP contribution in [-0.4, -0.2) is 0 Å². The molecule has 0 saturated carbocycles. The number of aryl methyl sites for hydroxylation is 1. The van der Waals surface area contributed by atoms with Crippen molar-refractivity contribution in [2.45, 2.75) is 11.8 Å². The monoisotopic (exact) mass is 428 g/mol. The van der Waals surface area contributed by atoms with E-state index in [4.69, 9.17) is 0 Å². The van der Waals surface area contributed by atoms with Crippen LogP contribution >= 0.6 is 70.5 Å². The lowest BCUT2D eigenvalue weighted by atomic mass is 10.2. The Kier molecular flexibility index (Phi) is 4.10. The third-order valence-electron chi connectivity index (χ3n) is 1.97. The van der Waals surface area contributed by atoms with Gasteiger partial charge >= 0.3 is 0 Å². The molecule has 80 valence electrons. The Bertz CT molecular complexity index is 453. The highest BCUT2D eigenvalue weighted by Gasteiger charge is 2.15. The van der Waals surface area contributed by atoms with Crippen molar-refractivity contribution in [3.8, 4) is 0 Å². The number of hydrogen-bond donors (Lipinski definition) is 0. The Balaban J connectivity index is 2.31. The number of halogens is 3. The molecular weight excluding hydrogens is 424 g/mol. The van der Waals surface area contributed by atoms with E-state index in [1.165, 1.54) is 22.9 Å². The van der Waals surface area contributed by atoms with Gasteiger partial charge < -0.3 is 0 Å². The van der Waals surface area contributed by atoms with E-state index in [1.54, 1.807) is 22.7 Å². The molecule has 0 spiro atoms. The SMILES string of the molecule is Cc1cc(C(Br)c2ccc(Br)s2)sc1Br. The Morgan fingerprint density at radius 1 is 1.13 bits per heavy atom. The van der Waals surface area contributed by atoms with Crippen molar-refractivity contribution in [3.63, 3.8) is 0 Å². The predicted molar refractivity (Wildman–Crippen MR) is 79.5 cm³/mol. The summed E-state index contributed by atoms with van der Waals surface area (Å²) in [5.41, 5.74) is 1.30. The van der Waals surface area contributed by atoms with Crippen LogP contribution in [0.1, 0.15) is 20.1 Å². The first-order valence-electron chi connectivity index (χ1n) is 4.23. The van der Waals surface area contributed by atoms with Gasteiger partial charge in [0.2, 0.25) is 0 Å². The Morgan fingerprint density at radius 2 is 1.87 bits per heavy atom. The molecule has 15 heavy (non-hydrogen) atoms. The van der Waals surface area contributed by atoms with E-state index in [0.29, 0.717) is 4.83 Å². The average molecular weight is 431 g/mol. The maximum Gasteiger partial charge on any atom is 0.0831 e. The van der Waals surface area contributed by atoms with Crippen molar-refractivity contribution in [2.75, 3.05) is 0 Å². The molecule has 1 atom stereocenters. The standard InChI is InChI=1S/C10H7Br3S2/c1-5-4-7(15-10(5)13)9(12)6-2-3-8(11)14-6/h2-4,9H,1H3. The van der Waals surface area contributed by atoms with Gasteiger partial charge in [-0.05, 0) is 62.5 Å². The summed E-state index contributed by atoms with van der Waals surface area (Å²) in [6.45, 7) is 2.12. The third-order valence-corrected chi connectivity index (χ3v) is 7.45. The third kappa shape index (κ3) is 2.75. The summed E-state index contributed by atoms with van der Waals surface area (Å²) in [6.07, 6.45) is 0. The second-order valence-electron chi connectivity index (χ2n) is 3.11. The second-order valence-corrected chi connectivity index (χ2v) is 8.92. The largest absolute Gasteiger partial charge is 0.132 e. The van der Waals surface area contributed by atoms with Crippen molar-refractivity contribution < 1.29 is 0 Å². The van der Waals surface area contributed by atoms with Crippen LogP contribution in [0.3, 0.4) is 0 Å². The Morgan fingerprint density at radius 3 is 2.33 bits per heavy atom. The Hall–Kier alpha value is 0.840. The molecule has 0 amide bonds. The van der Waals surface area contributed by atoms with E-state index in [0.717, 1.165) is 0 Å². The quantitative estimate of drug-likeness (QED) is 0.503. The fourth-order valence-corrected chi connectivity index (χ4v) is 5.12. The number of alkyl halides is 1. The molecule has 0 aliphatic heterocycles. The summed E-state index contributed by atoms with van der Waals surface area (Å²) in [7, 11) is 0. The molecular formula is C10H7Br3S2. The summed E-state index contributed by atoms with van der Waals surface area (Å²) < 4.78 is 2.40. The van der Waals surface area contributed by atoms with E-state index in [-0.39, 0.29) is 0 Å². The van der Waals surface area contributed by atoms with E-state index in [9.17, 15) is 0 Å². The first-order chi connectivity index (χ1) is 7.08. The van der Waals surface area contributed by atoms with Crippen LogP contribution in [0.5, 0.6) is 0 Å². The van der Waals surface area contributed by atoms with Gasteiger partial charge in [0.1, 0.15) is 0 Å². The second kappa shape index (κ2) is 5.00. The van der Waals surface area contributed by atoms with Crippen molar-refractivity contribution in [2.24, 2.45) is 0 Å². The topological polar surface area (TPSA) is 0 Å². The van der Waals surface area contributed by atoms with Crippen LogP contribution in [0.2, 0.25) is 0 Å². The Labute approximate surface area is 122 Å². The summed E-state index contributed by atoms with van der Waals surface area (Å²) >= 11 is 14.3. The summed E-state index contributed by atoms with van der Waals surface area (Å²) in [6, 6.07) is 6.46. The van der Waals surface area contributed by atoms with Gasteiger partial charge in [-0.1, -0.05) is 15.9 Å². The van der Waals surface area contributed by atoms with Gasteiger partial charge in [-0.25, -0.2) is 0 Å². The van der Waals surface area contributed by atoms with E-state index < -0.39 is 0 Å². The van der Waals surface area contributed by atoms with Crippen molar-refractivity contribution in [1.82, 2.24) is 0 Å². The van der Waals surface area contributed by atoms with Crippen LogP contribution in [0.15, 0.2) is 25.8 Å². The minimum atomic E-state index is 0.309. The maximum atomic E-state index is 3.73. The maximum absolute atomic E-state index is 3.73. The van der Waals surface area contributed by atoms with Crippen molar-refractivity contribution in [1.29, 1.82) is 0 Å². The van der Waals surface area contributed by atoms with Gasteiger partial charge in [0.25, 0.3) is 0 Å². The molecule has 2 heterocycles. The van der Waals surface area contributed by atoms with E-state index >= 15 is 0 Å². The zero-order valence-electron chi connectivity index (χ0n) is 7.76. The molecule has 2 rings (SSSR count). The van der Waals surface area contributed by atoms with Crippen LogP contribution < -0.4 is 0 Å². The first kappa shape index (κ1) is 12.3. The minimum absolute atomic E-state index is 0.309. The highest BCUT2D eigenvalue weighted by Crippen LogP contribution is 2.42. The zero-order chi connectivity index (χ0) is 11.0. The molecule has 2 aromatic rings. The lowest BCUT2D eigenvalue weighted by Crippen LogP contribution is -1.83. The molecule has 2 aromatic heterocycles. The highest BCUT2D eigenvalue weighted by molar-refractivity contribution is 9.11. The molecule has 0 bridgehead atoms. The molecule has 0 aliphatic rings. The fraction of sp³-hybridized carbons (Fsp3) is 0.200. The van der Waals surface area contributed by atoms with Gasteiger partial charge in [-0.3, -0.25) is 0 Å². The normalized spacial score (nSPS) is 13.1. The molecule has 0 aliphatic carbocycles. The van der Waals surface area contributed by atoms with Gasteiger partial charge in [-0.2, -0.15) is 0 Å². The number of rotatable bonds is 2. The van der Waals surface area contributed by atoms with Gasteiger partial charge in [0, 0.05) is 9.75 Å². The lowest BCUT2D eigenvalue weighted by molar-refractivity contribution is 1.28. The lowest BCUT2D eigenvalue weighted by Gasteiger charge is -2.03. The van der Waals surface area contributed by atoms with Gasteiger partial charge in [0.15, 0.2) is 0 Å². The molecule has 0 radical (unpaired) electrons. The summed E-state index contributed by atoms with van der Waals surface area (Å²) in [4.78, 5) is 2.98. The van der Waals surface area contributed by atoms with Crippen LogP contribution in [0.4, 0.5) is 0 Å². The molecule has 0 nitrogen and oxygen atoms in total. The molecule has 0 N–H and O–H groups in total. The van der Waals surface area contributed by atoms with Crippen LogP contribution in [0, 0.1) is 6.92 Å². The van der Waals surface area contributed by atoms with Gasteiger partial charge in [0.05, 0.1) is 12.4 Å². The molecule has 0 fully saturated rings. The molecule has 5 heteroatoms.